The van der Waals surface area contributed by atoms with E-state index in [4.69, 9.17) is 9.29 Å². The SMILES string of the molecule is CCCCCCCCCCCc1c([O-])cccc1Oc1ccc(S(=O)(=O)O)cc1.[Na+]. The van der Waals surface area contributed by atoms with Gasteiger partial charge in [0.05, 0.1) is 4.90 Å². The van der Waals surface area contributed by atoms with E-state index < -0.39 is 10.1 Å². The van der Waals surface area contributed by atoms with Gasteiger partial charge < -0.3 is 9.84 Å². The number of rotatable bonds is 13. The number of hydrogen-bond acceptors (Lipinski definition) is 4. The second-order valence-electron chi connectivity index (χ2n) is 7.36. The van der Waals surface area contributed by atoms with E-state index in [1.807, 2.05) is 0 Å². The number of unbranched alkanes of at least 4 members (excludes halogenated alkanes) is 8. The minimum Gasteiger partial charge on any atom is -0.872 e. The molecule has 2 aromatic carbocycles. The summed E-state index contributed by atoms with van der Waals surface area (Å²) in [7, 11) is -4.24. The Hall–Kier alpha value is -1.05. The van der Waals surface area contributed by atoms with Crippen molar-refractivity contribution in [3.63, 3.8) is 0 Å². The third-order valence-corrected chi connectivity index (χ3v) is 5.84. The first-order chi connectivity index (χ1) is 13.9. The minimum absolute atomic E-state index is 0. The average Bonchev–Trinajstić information content (AvgIpc) is 2.68. The van der Waals surface area contributed by atoms with E-state index in [2.05, 4.69) is 6.92 Å². The van der Waals surface area contributed by atoms with Gasteiger partial charge in [-0.1, -0.05) is 70.4 Å². The molecule has 0 aliphatic rings. The molecule has 7 heteroatoms. The predicted molar refractivity (Wildman–Crippen MR) is 113 cm³/mol. The van der Waals surface area contributed by atoms with Crippen molar-refractivity contribution in [2.75, 3.05) is 0 Å². The van der Waals surface area contributed by atoms with Crippen LogP contribution in [-0.2, 0) is 16.5 Å². The molecule has 5 nitrogen and oxygen atoms in total. The third-order valence-electron chi connectivity index (χ3n) is 4.97. The Labute approximate surface area is 202 Å². The molecule has 0 atom stereocenters. The molecule has 0 fully saturated rings. The molecule has 0 unspecified atom stereocenters. The molecular formula is C23H31NaO5S. The fourth-order valence-corrected chi connectivity index (χ4v) is 3.79. The van der Waals surface area contributed by atoms with E-state index in [9.17, 15) is 13.5 Å². The molecule has 0 aliphatic carbocycles. The molecule has 0 radical (unpaired) electrons. The average molecular weight is 443 g/mol. The first-order valence-electron chi connectivity index (χ1n) is 10.5. The van der Waals surface area contributed by atoms with Crippen molar-refractivity contribution in [1.29, 1.82) is 0 Å². The van der Waals surface area contributed by atoms with Crippen LogP contribution in [0.3, 0.4) is 0 Å². The molecule has 2 aromatic rings. The third kappa shape index (κ3) is 9.40. The summed E-state index contributed by atoms with van der Waals surface area (Å²) in [5.74, 6) is 0.865. The van der Waals surface area contributed by atoms with Crippen molar-refractivity contribution in [3.8, 4) is 17.2 Å². The standard InChI is InChI=1S/C23H32O5S.Na/c1-2-3-4-5-6-7-8-9-10-12-21-22(24)13-11-14-23(21)28-19-15-17-20(18-16-19)29(25,26)27;/h11,13-18,24H,2-10,12H2,1H3,(H,25,26,27);/q;+1/p-1. The van der Waals surface area contributed by atoms with Crippen molar-refractivity contribution in [3.05, 3.63) is 48.0 Å². The van der Waals surface area contributed by atoms with Gasteiger partial charge in [-0.15, -0.1) is 5.75 Å². The summed E-state index contributed by atoms with van der Waals surface area (Å²) >= 11 is 0. The maximum Gasteiger partial charge on any atom is 1.00 e. The van der Waals surface area contributed by atoms with Crippen LogP contribution in [0.5, 0.6) is 17.2 Å². The Kier molecular flexibility index (Phi) is 12.7. The van der Waals surface area contributed by atoms with Crippen LogP contribution in [0.4, 0.5) is 0 Å². The Morgan fingerprint density at radius 2 is 1.43 bits per heavy atom. The van der Waals surface area contributed by atoms with Gasteiger partial charge in [0.1, 0.15) is 11.5 Å². The largest absolute Gasteiger partial charge is 1.00 e. The van der Waals surface area contributed by atoms with Crippen LogP contribution in [0.1, 0.15) is 70.3 Å². The fourth-order valence-electron chi connectivity index (χ4n) is 3.31. The molecule has 160 valence electrons. The van der Waals surface area contributed by atoms with Crippen LogP contribution in [0, 0.1) is 0 Å². The van der Waals surface area contributed by atoms with E-state index in [1.165, 1.54) is 75.3 Å². The monoisotopic (exact) mass is 442 g/mol. The van der Waals surface area contributed by atoms with Gasteiger partial charge in [0.15, 0.2) is 0 Å². The maximum atomic E-state index is 12.3. The Morgan fingerprint density at radius 3 is 2.00 bits per heavy atom. The molecule has 0 amide bonds. The zero-order chi connectivity index (χ0) is 21.1. The van der Waals surface area contributed by atoms with Gasteiger partial charge in [-0.25, -0.2) is 0 Å². The van der Waals surface area contributed by atoms with Gasteiger partial charge in [0, 0.05) is 0 Å². The van der Waals surface area contributed by atoms with Gasteiger partial charge in [-0.3, -0.25) is 4.55 Å². The summed E-state index contributed by atoms with van der Waals surface area (Å²) in [6.07, 6.45) is 11.6. The number of benzene rings is 2. The topological polar surface area (TPSA) is 86.7 Å². The summed E-state index contributed by atoms with van der Waals surface area (Å²) in [6.45, 7) is 2.22. The van der Waals surface area contributed by atoms with Crippen LogP contribution < -0.4 is 39.4 Å². The van der Waals surface area contributed by atoms with E-state index in [0.717, 1.165) is 12.8 Å². The van der Waals surface area contributed by atoms with Crippen molar-refractivity contribution >= 4 is 10.1 Å². The summed E-state index contributed by atoms with van der Waals surface area (Å²) in [6, 6.07) is 10.4. The summed E-state index contributed by atoms with van der Waals surface area (Å²) < 4.78 is 37.1. The second-order valence-corrected chi connectivity index (χ2v) is 8.78. The summed E-state index contributed by atoms with van der Waals surface area (Å²) in [4.78, 5) is -0.197. The quantitative estimate of drug-likeness (QED) is 0.293. The molecule has 2 rings (SSSR count). The van der Waals surface area contributed by atoms with Crippen LogP contribution in [0.15, 0.2) is 47.4 Å². The first kappa shape index (κ1) is 27.0. The zero-order valence-electron chi connectivity index (χ0n) is 18.1. The Balaban J connectivity index is 0.00000450. The molecule has 0 spiro atoms. The van der Waals surface area contributed by atoms with Crippen LogP contribution in [0.2, 0.25) is 0 Å². The van der Waals surface area contributed by atoms with Gasteiger partial charge >= 0.3 is 29.6 Å². The number of hydrogen-bond donors (Lipinski definition) is 1. The molecule has 0 bridgehead atoms. The normalized spacial score (nSPS) is 11.1. The van der Waals surface area contributed by atoms with Gasteiger partial charge in [-0.2, -0.15) is 8.42 Å². The molecule has 30 heavy (non-hydrogen) atoms. The van der Waals surface area contributed by atoms with Crippen molar-refractivity contribution in [1.82, 2.24) is 0 Å². The van der Waals surface area contributed by atoms with Gasteiger partial charge in [-0.05, 0) is 48.7 Å². The summed E-state index contributed by atoms with van der Waals surface area (Å²) in [5, 5.41) is 12.3. The number of ether oxygens (including phenoxy) is 1. The van der Waals surface area contributed by atoms with E-state index in [0.29, 0.717) is 23.5 Å². The van der Waals surface area contributed by atoms with Crippen LogP contribution in [-0.4, -0.2) is 13.0 Å². The van der Waals surface area contributed by atoms with Crippen molar-refractivity contribution in [2.45, 2.75) is 76.0 Å². The second kappa shape index (κ2) is 14.1. The van der Waals surface area contributed by atoms with Crippen molar-refractivity contribution in [2.24, 2.45) is 0 Å². The molecule has 0 aromatic heterocycles. The maximum absolute atomic E-state index is 12.3. The fraction of sp³-hybridized carbons (Fsp3) is 0.478. The van der Waals surface area contributed by atoms with Crippen LogP contribution in [0.25, 0.3) is 0 Å². The molecular weight excluding hydrogens is 411 g/mol. The Bertz CT molecular complexity index is 850. The van der Waals surface area contributed by atoms with Crippen LogP contribution >= 0.6 is 0 Å². The van der Waals surface area contributed by atoms with Gasteiger partial charge in [0.25, 0.3) is 10.1 Å². The van der Waals surface area contributed by atoms with E-state index >= 15 is 0 Å². The van der Waals surface area contributed by atoms with E-state index in [1.54, 1.807) is 12.1 Å². The van der Waals surface area contributed by atoms with E-state index in [-0.39, 0.29) is 40.2 Å². The minimum atomic E-state index is -4.24. The molecule has 0 saturated heterocycles. The molecule has 0 aliphatic heterocycles. The van der Waals surface area contributed by atoms with Gasteiger partial charge in [0.2, 0.25) is 0 Å². The smallest absolute Gasteiger partial charge is 0.872 e. The zero-order valence-corrected chi connectivity index (χ0v) is 20.9. The molecule has 0 heterocycles. The molecule has 0 saturated carbocycles. The Morgan fingerprint density at radius 1 is 0.867 bits per heavy atom. The van der Waals surface area contributed by atoms with Crippen molar-refractivity contribution < 1.29 is 52.4 Å². The predicted octanol–water partition coefficient (Wildman–Crippen LogP) is 2.88. The first-order valence-corrected chi connectivity index (χ1v) is 11.9. The molecule has 1 N–H and O–H groups in total. The summed E-state index contributed by atoms with van der Waals surface area (Å²) in [5.41, 5.74) is 0.648.